The molecule has 1 atom stereocenters. The molecule has 0 aliphatic carbocycles. The van der Waals surface area contributed by atoms with Gasteiger partial charge in [-0.2, -0.15) is 0 Å². The minimum atomic E-state index is -4.05. The van der Waals surface area contributed by atoms with Crippen molar-refractivity contribution in [3.05, 3.63) is 47.1 Å². The fraction of sp³-hybridized carbons (Fsp3) is 0.167. The van der Waals surface area contributed by atoms with Crippen LogP contribution in [0.1, 0.15) is 17.4 Å². The molecule has 8 heteroatoms. The van der Waals surface area contributed by atoms with Gasteiger partial charge in [0, 0.05) is 5.02 Å². The van der Waals surface area contributed by atoms with Crippen LogP contribution < -0.4 is 0 Å². The molecule has 2 rings (SSSR count). The lowest BCUT2D eigenvalue weighted by Gasteiger charge is -2.09. The van der Waals surface area contributed by atoms with E-state index in [1.807, 2.05) is 0 Å². The summed E-state index contributed by atoms with van der Waals surface area (Å²) in [7, 11) is -4.05. The van der Waals surface area contributed by atoms with E-state index >= 15 is 0 Å². The van der Waals surface area contributed by atoms with Crippen LogP contribution in [0.4, 0.5) is 4.39 Å². The molecule has 20 heavy (non-hydrogen) atoms. The fourth-order valence-corrected chi connectivity index (χ4v) is 3.25. The molecule has 0 N–H and O–H groups in total. The fourth-order valence-electron chi connectivity index (χ4n) is 1.56. The second kappa shape index (κ2) is 5.75. The highest BCUT2D eigenvalue weighted by Gasteiger charge is 2.27. The van der Waals surface area contributed by atoms with Crippen molar-refractivity contribution in [2.45, 2.75) is 21.7 Å². The highest BCUT2D eigenvalue weighted by atomic mass is 79.9. The first-order valence-corrected chi connectivity index (χ1v) is 8.27. The predicted molar refractivity (Wildman–Crippen MR) is 76.2 cm³/mol. The van der Waals surface area contributed by atoms with Gasteiger partial charge in [0.2, 0.25) is 9.84 Å². The minimum absolute atomic E-state index is 0.00691. The van der Waals surface area contributed by atoms with Crippen molar-refractivity contribution in [1.29, 1.82) is 0 Å². The quantitative estimate of drug-likeness (QED) is 0.604. The third-order valence-electron chi connectivity index (χ3n) is 2.54. The Labute approximate surface area is 129 Å². The van der Waals surface area contributed by atoms with E-state index in [1.165, 1.54) is 24.3 Å². The van der Waals surface area contributed by atoms with Crippen molar-refractivity contribution in [2.75, 3.05) is 0 Å². The molecule has 0 amide bonds. The van der Waals surface area contributed by atoms with Gasteiger partial charge in [-0.3, -0.25) is 0 Å². The highest BCUT2D eigenvalue weighted by molar-refractivity contribution is 9.09. The van der Waals surface area contributed by atoms with Crippen LogP contribution in [0.3, 0.4) is 0 Å². The monoisotopic (exact) mass is 378 g/mol. The van der Waals surface area contributed by atoms with Crippen LogP contribution in [-0.2, 0) is 9.84 Å². The SMILES string of the molecule is CC(Br)c1ncnc(S(=O)(=O)c2ccc(Cl)cc2)c1F. The number of hydrogen-bond acceptors (Lipinski definition) is 4. The van der Waals surface area contributed by atoms with Crippen LogP contribution in [0.5, 0.6) is 0 Å². The lowest BCUT2D eigenvalue weighted by molar-refractivity contribution is 0.535. The van der Waals surface area contributed by atoms with Gasteiger partial charge in [0.1, 0.15) is 6.33 Å². The molecule has 0 radical (unpaired) electrons. The third kappa shape index (κ3) is 2.84. The van der Waals surface area contributed by atoms with Crippen LogP contribution in [0.15, 0.2) is 40.5 Å². The van der Waals surface area contributed by atoms with Crippen LogP contribution in [0.25, 0.3) is 0 Å². The minimum Gasteiger partial charge on any atom is -0.237 e. The zero-order chi connectivity index (χ0) is 14.9. The second-order valence-electron chi connectivity index (χ2n) is 3.95. The molecule has 1 heterocycles. The van der Waals surface area contributed by atoms with E-state index in [0.717, 1.165) is 6.33 Å². The van der Waals surface area contributed by atoms with E-state index in [0.29, 0.717) is 5.02 Å². The summed E-state index contributed by atoms with van der Waals surface area (Å²) in [5.41, 5.74) is -0.00691. The molecule has 0 spiro atoms. The first-order valence-electron chi connectivity index (χ1n) is 5.49. The molecule has 0 saturated carbocycles. The van der Waals surface area contributed by atoms with Gasteiger partial charge in [-0.05, 0) is 31.2 Å². The first-order chi connectivity index (χ1) is 9.34. The maximum atomic E-state index is 14.2. The van der Waals surface area contributed by atoms with Crippen LogP contribution in [-0.4, -0.2) is 18.4 Å². The topological polar surface area (TPSA) is 59.9 Å². The zero-order valence-electron chi connectivity index (χ0n) is 10.2. The Hall–Kier alpha value is -1.05. The molecule has 1 aromatic carbocycles. The average Bonchev–Trinajstić information content (AvgIpc) is 2.38. The molecule has 0 bridgehead atoms. The van der Waals surface area contributed by atoms with E-state index in [1.54, 1.807) is 6.92 Å². The van der Waals surface area contributed by atoms with Gasteiger partial charge < -0.3 is 0 Å². The zero-order valence-corrected chi connectivity index (χ0v) is 13.4. The predicted octanol–water partition coefficient (Wildman–Crippen LogP) is 3.56. The molecule has 0 fully saturated rings. The molecular weight excluding hydrogens is 371 g/mol. The molecule has 1 unspecified atom stereocenters. The standard InChI is InChI=1S/C12H9BrClFN2O2S/c1-7(13)11-10(15)12(17-6-16-11)20(18,19)9-4-2-8(14)3-5-9/h2-7H,1H3. The summed E-state index contributed by atoms with van der Waals surface area (Å²) in [6, 6.07) is 5.44. The van der Waals surface area contributed by atoms with Gasteiger partial charge in [0.15, 0.2) is 10.8 Å². The molecular formula is C12H9BrClFN2O2S. The van der Waals surface area contributed by atoms with Crippen molar-refractivity contribution in [3.8, 4) is 0 Å². The molecule has 0 aliphatic heterocycles. The Morgan fingerprint density at radius 1 is 1.25 bits per heavy atom. The van der Waals surface area contributed by atoms with Crippen molar-refractivity contribution >= 4 is 37.4 Å². The number of hydrogen-bond donors (Lipinski definition) is 0. The number of sulfone groups is 1. The van der Waals surface area contributed by atoms with Gasteiger partial charge >= 0.3 is 0 Å². The van der Waals surface area contributed by atoms with E-state index in [-0.39, 0.29) is 10.6 Å². The maximum Gasteiger partial charge on any atom is 0.226 e. The summed E-state index contributed by atoms with van der Waals surface area (Å²) in [6.45, 7) is 1.64. The summed E-state index contributed by atoms with van der Waals surface area (Å²) in [5, 5.41) is -0.252. The van der Waals surface area contributed by atoms with Crippen LogP contribution in [0.2, 0.25) is 5.02 Å². The second-order valence-corrected chi connectivity index (χ2v) is 7.63. The Kier molecular flexibility index (Phi) is 4.41. The number of halogens is 3. The molecule has 106 valence electrons. The normalized spacial score (nSPS) is 13.2. The van der Waals surface area contributed by atoms with Crippen molar-refractivity contribution in [3.63, 3.8) is 0 Å². The van der Waals surface area contributed by atoms with Gasteiger partial charge in [0.05, 0.1) is 15.4 Å². The average molecular weight is 380 g/mol. The maximum absolute atomic E-state index is 14.2. The Bertz CT molecular complexity index is 736. The molecule has 0 saturated heterocycles. The Morgan fingerprint density at radius 2 is 1.85 bits per heavy atom. The van der Waals surface area contributed by atoms with Crippen LogP contribution in [0, 0.1) is 5.82 Å². The van der Waals surface area contributed by atoms with Gasteiger partial charge in [-0.1, -0.05) is 27.5 Å². The largest absolute Gasteiger partial charge is 0.237 e. The van der Waals surface area contributed by atoms with Crippen LogP contribution >= 0.6 is 27.5 Å². The van der Waals surface area contributed by atoms with E-state index in [2.05, 4.69) is 25.9 Å². The summed E-state index contributed by atoms with van der Waals surface area (Å²) in [5.74, 6) is -0.952. The first kappa shape index (κ1) is 15.3. The van der Waals surface area contributed by atoms with E-state index in [4.69, 9.17) is 11.6 Å². The molecule has 4 nitrogen and oxygen atoms in total. The Balaban J connectivity index is 2.61. The molecule has 1 aromatic heterocycles. The number of benzene rings is 1. The summed E-state index contributed by atoms with van der Waals surface area (Å²) in [4.78, 5) is 6.80. The summed E-state index contributed by atoms with van der Waals surface area (Å²) in [6.07, 6.45) is 1.03. The van der Waals surface area contributed by atoms with Gasteiger partial charge in [-0.25, -0.2) is 22.8 Å². The number of aromatic nitrogens is 2. The molecule has 2 aromatic rings. The Morgan fingerprint density at radius 3 is 2.40 bits per heavy atom. The smallest absolute Gasteiger partial charge is 0.226 e. The highest BCUT2D eigenvalue weighted by Crippen LogP contribution is 2.28. The van der Waals surface area contributed by atoms with Gasteiger partial charge in [0.25, 0.3) is 0 Å². The molecule has 0 aliphatic rings. The lowest BCUT2D eigenvalue weighted by atomic mass is 10.3. The van der Waals surface area contributed by atoms with Crippen molar-refractivity contribution in [1.82, 2.24) is 9.97 Å². The number of alkyl halides is 1. The van der Waals surface area contributed by atoms with Gasteiger partial charge in [-0.15, -0.1) is 0 Å². The van der Waals surface area contributed by atoms with E-state index < -0.39 is 25.5 Å². The van der Waals surface area contributed by atoms with Crippen molar-refractivity contribution in [2.24, 2.45) is 0 Å². The summed E-state index contributed by atoms with van der Waals surface area (Å²) >= 11 is 8.86. The van der Waals surface area contributed by atoms with E-state index in [9.17, 15) is 12.8 Å². The number of rotatable bonds is 3. The third-order valence-corrected chi connectivity index (χ3v) is 4.91. The van der Waals surface area contributed by atoms with Crippen molar-refractivity contribution < 1.29 is 12.8 Å². The lowest BCUT2D eigenvalue weighted by Crippen LogP contribution is -2.11. The summed E-state index contributed by atoms with van der Waals surface area (Å²) < 4.78 is 38.9. The number of nitrogens with zero attached hydrogens (tertiary/aromatic N) is 2.